The van der Waals surface area contributed by atoms with Gasteiger partial charge in [0.05, 0.1) is 4.92 Å². The van der Waals surface area contributed by atoms with Crippen molar-refractivity contribution >= 4 is 11.6 Å². The summed E-state index contributed by atoms with van der Waals surface area (Å²) < 4.78 is 67.2. The van der Waals surface area contributed by atoms with Crippen LogP contribution in [-0.2, 0) is 4.74 Å². The average Bonchev–Trinajstić information content (AvgIpc) is 2.81. The number of ether oxygens (including phenoxy) is 1. The van der Waals surface area contributed by atoms with E-state index in [4.69, 9.17) is 0 Å². The molecule has 0 unspecified atom stereocenters. The van der Waals surface area contributed by atoms with Crippen molar-refractivity contribution in [2.45, 2.75) is 25.1 Å². The quantitative estimate of drug-likeness (QED) is 0.470. The highest BCUT2D eigenvalue weighted by Crippen LogP contribution is 2.41. The number of hydrogen-bond donors (Lipinski definition) is 2. The molecule has 1 aliphatic heterocycles. The van der Waals surface area contributed by atoms with Crippen LogP contribution in [0.4, 0.5) is 27.6 Å². The smallest absolute Gasteiger partial charge is 0.359 e. The largest absolute Gasteiger partial charge is 0.527 e. The van der Waals surface area contributed by atoms with Crippen molar-refractivity contribution in [3.8, 4) is 0 Å². The maximum Gasteiger partial charge on any atom is 0.527 e. The highest BCUT2D eigenvalue weighted by atomic mass is 19.4. The molecule has 2 N–H and O–H groups in total. The van der Waals surface area contributed by atoms with Gasteiger partial charge in [-0.1, -0.05) is 6.07 Å². The molecule has 0 radical (unpaired) electrons. The predicted molar refractivity (Wildman–Crippen MR) is 73.2 cm³/mol. The first-order valence-corrected chi connectivity index (χ1v) is 6.69. The van der Waals surface area contributed by atoms with E-state index in [0.717, 1.165) is 25.1 Å². The van der Waals surface area contributed by atoms with Crippen LogP contribution in [0.25, 0.3) is 0 Å². The number of nitro benzene ring substituents is 1. The fraction of sp³-hybridized carbons (Fsp3) is 0.308. The first-order valence-electron chi connectivity index (χ1n) is 6.69. The molecule has 0 saturated heterocycles. The van der Waals surface area contributed by atoms with Crippen molar-refractivity contribution < 1.29 is 41.5 Å². The number of nitrogens with zero attached hydrogens (tertiary/aromatic N) is 2. The second-order valence-corrected chi connectivity index (χ2v) is 5.18. The summed E-state index contributed by atoms with van der Waals surface area (Å²) in [5, 5.41) is 20.6. The molecule has 0 aliphatic carbocycles. The molecule has 142 valence electrons. The fourth-order valence-corrected chi connectivity index (χ4v) is 2.18. The Hall–Kier alpha value is -2.80. The maximum atomic E-state index is 13.9. The third-order valence-corrected chi connectivity index (χ3v) is 3.23. The van der Waals surface area contributed by atoms with Gasteiger partial charge in [-0.05, 0) is 19.1 Å². The van der Waals surface area contributed by atoms with Gasteiger partial charge in [0.1, 0.15) is 0 Å². The molecule has 1 heterocycles. The SMILES string of the molecule is CC1=C[C@@](O)(C(F)(F)OC(F)(F)F)N(C(=O)c2cccc([N+](=O)[O-])c2)N1. The van der Waals surface area contributed by atoms with Gasteiger partial charge in [0.25, 0.3) is 17.3 Å². The van der Waals surface area contributed by atoms with Gasteiger partial charge in [-0.3, -0.25) is 20.3 Å². The minimum atomic E-state index is -5.82. The van der Waals surface area contributed by atoms with E-state index in [1.807, 2.05) is 5.43 Å². The Balaban J connectivity index is 2.43. The molecule has 1 aromatic carbocycles. The van der Waals surface area contributed by atoms with E-state index < -0.39 is 40.3 Å². The van der Waals surface area contributed by atoms with Crippen LogP contribution in [0.5, 0.6) is 0 Å². The summed E-state index contributed by atoms with van der Waals surface area (Å²) in [6.07, 6.45) is -10.8. The molecule has 8 nitrogen and oxygen atoms in total. The molecular weight excluding hydrogens is 373 g/mol. The van der Waals surface area contributed by atoms with E-state index in [-0.39, 0.29) is 16.8 Å². The summed E-state index contributed by atoms with van der Waals surface area (Å²) in [5.41, 5.74) is -3.24. The van der Waals surface area contributed by atoms with E-state index in [9.17, 15) is 42.0 Å². The molecule has 0 bridgehead atoms. The lowest BCUT2D eigenvalue weighted by atomic mass is 10.1. The zero-order valence-corrected chi connectivity index (χ0v) is 12.8. The zero-order valence-electron chi connectivity index (χ0n) is 12.8. The van der Waals surface area contributed by atoms with Crippen LogP contribution in [0.1, 0.15) is 17.3 Å². The lowest BCUT2D eigenvalue weighted by Gasteiger charge is -2.37. The highest BCUT2D eigenvalue weighted by Gasteiger charge is 2.65. The maximum absolute atomic E-state index is 13.9. The number of halogens is 5. The van der Waals surface area contributed by atoms with Crippen molar-refractivity contribution in [2.75, 3.05) is 0 Å². The van der Waals surface area contributed by atoms with Gasteiger partial charge in [-0.25, -0.2) is 9.75 Å². The topological polar surface area (TPSA) is 105 Å². The van der Waals surface area contributed by atoms with Crippen LogP contribution in [0.3, 0.4) is 0 Å². The molecular formula is C13H10F5N3O5. The molecule has 1 aliphatic rings. The van der Waals surface area contributed by atoms with Gasteiger partial charge in [-0.2, -0.15) is 8.78 Å². The molecule has 26 heavy (non-hydrogen) atoms. The number of amides is 1. The molecule has 2 rings (SSSR count). The van der Waals surface area contributed by atoms with E-state index >= 15 is 0 Å². The van der Waals surface area contributed by atoms with Crippen LogP contribution in [0.2, 0.25) is 0 Å². The number of nitrogens with one attached hydrogen (secondary N) is 1. The van der Waals surface area contributed by atoms with E-state index in [0.29, 0.717) is 6.07 Å². The Morgan fingerprint density at radius 2 is 1.96 bits per heavy atom. The van der Waals surface area contributed by atoms with Crippen LogP contribution < -0.4 is 5.43 Å². The molecule has 1 amide bonds. The van der Waals surface area contributed by atoms with Gasteiger partial charge in [0.15, 0.2) is 0 Å². The zero-order chi connectivity index (χ0) is 19.9. The van der Waals surface area contributed by atoms with Crippen molar-refractivity contribution in [3.63, 3.8) is 0 Å². The summed E-state index contributed by atoms with van der Waals surface area (Å²) in [5.74, 6) is -1.45. The standard InChI is InChI=1S/C13H10F5N3O5/c1-7-6-11(23,12(14,15)26-13(16,17)18)20(19-7)10(22)8-3-2-4-9(5-8)21(24)25/h2-6,19,23H,1H3/t11-/m1/s1. The fourth-order valence-electron chi connectivity index (χ4n) is 2.18. The number of carbonyl (C=O) groups excluding carboxylic acids is 1. The average molecular weight is 383 g/mol. The van der Waals surface area contributed by atoms with E-state index in [2.05, 4.69) is 4.74 Å². The normalized spacial score (nSPS) is 20.6. The Labute approximate surface area is 141 Å². The van der Waals surface area contributed by atoms with Crippen molar-refractivity contribution in [3.05, 3.63) is 51.7 Å². The minimum Gasteiger partial charge on any atom is -0.359 e. The number of hydrazine groups is 1. The summed E-state index contributed by atoms with van der Waals surface area (Å²) in [6, 6.07) is 3.77. The number of alkyl halides is 5. The first-order chi connectivity index (χ1) is 11.8. The molecule has 1 aromatic rings. The third kappa shape index (κ3) is 3.57. The Bertz CT molecular complexity index is 782. The first kappa shape index (κ1) is 19.5. The van der Waals surface area contributed by atoms with Gasteiger partial charge in [0.2, 0.25) is 0 Å². The van der Waals surface area contributed by atoms with Crippen molar-refractivity contribution in [1.82, 2.24) is 10.4 Å². The lowest BCUT2D eigenvalue weighted by molar-refractivity contribution is -0.463. The summed E-state index contributed by atoms with van der Waals surface area (Å²) >= 11 is 0. The highest BCUT2D eigenvalue weighted by molar-refractivity contribution is 5.95. The van der Waals surface area contributed by atoms with Crippen LogP contribution in [0, 0.1) is 10.1 Å². The van der Waals surface area contributed by atoms with E-state index in [1.165, 1.54) is 0 Å². The Morgan fingerprint density at radius 3 is 2.50 bits per heavy atom. The Kier molecular flexibility index (Phi) is 4.64. The number of hydrogen-bond acceptors (Lipinski definition) is 6. The second kappa shape index (κ2) is 6.17. The molecule has 0 saturated carbocycles. The van der Waals surface area contributed by atoms with E-state index in [1.54, 1.807) is 0 Å². The number of benzene rings is 1. The van der Waals surface area contributed by atoms with Gasteiger partial charge in [-0.15, -0.1) is 13.2 Å². The summed E-state index contributed by atoms with van der Waals surface area (Å²) in [7, 11) is 0. The monoisotopic (exact) mass is 383 g/mol. The second-order valence-electron chi connectivity index (χ2n) is 5.18. The Morgan fingerprint density at radius 1 is 1.35 bits per heavy atom. The lowest BCUT2D eigenvalue weighted by Crippen LogP contribution is -2.63. The molecule has 1 atom stereocenters. The molecule has 13 heteroatoms. The number of rotatable bonds is 4. The van der Waals surface area contributed by atoms with Crippen LogP contribution in [0.15, 0.2) is 36.0 Å². The molecule has 0 aromatic heterocycles. The third-order valence-electron chi connectivity index (χ3n) is 3.23. The summed E-state index contributed by atoms with van der Waals surface area (Å²) in [4.78, 5) is 22.2. The van der Waals surface area contributed by atoms with Gasteiger partial charge in [0, 0.05) is 23.4 Å². The number of carbonyl (C=O) groups is 1. The number of nitro groups is 1. The molecule has 0 spiro atoms. The number of non-ortho nitro benzene ring substituents is 1. The van der Waals surface area contributed by atoms with Crippen LogP contribution in [-0.4, -0.2) is 39.1 Å². The van der Waals surface area contributed by atoms with Gasteiger partial charge >= 0.3 is 12.5 Å². The predicted octanol–water partition coefficient (Wildman–Crippen LogP) is 2.28. The van der Waals surface area contributed by atoms with Crippen LogP contribution >= 0.6 is 0 Å². The molecule has 0 fully saturated rings. The number of aliphatic hydroxyl groups is 1. The van der Waals surface area contributed by atoms with Crippen molar-refractivity contribution in [1.29, 1.82) is 0 Å². The minimum absolute atomic E-state index is 0.201. The summed E-state index contributed by atoms with van der Waals surface area (Å²) in [6.45, 7) is 1.09. The van der Waals surface area contributed by atoms with Crippen molar-refractivity contribution in [2.24, 2.45) is 0 Å². The number of allylic oxidation sites excluding steroid dienone is 1. The van der Waals surface area contributed by atoms with Gasteiger partial charge < -0.3 is 5.11 Å².